The highest BCUT2D eigenvalue weighted by Crippen LogP contribution is 2.19. The van der Waals surface area contributed by atoms with E-state index in [4.69, 9.17) is 0 Å². The van der Waals surface area contributed by atoms with E-state index in [1.807, 2.05) is 30.3 Å². The van der Waals surface area contributed by atoms with Gasteiger partial charge in [0, 0.05) is 18.4 Å². The van der Waals surface area contributed by atoms with Crippen LogP contribution in [0.2, 0.25) is 0 Å². The van der Waals surface area contributed by atoms with Crippen molar-refractivity contribution in [2.24, 2.45) is 0 Å². The number of carbonyl (C=O) groups excluding carboxylic acids is 1. The first-order chi connectivity index (χ1) is 8.70. The van der Waals surface area contributed by atoms with E-state index in [0.717, 1.165) is 5.69 Å². The summed E-state index contributed by atoms with van der Waals surface area (Å²) in [5, 5.41) is 5.45. The molecule has 0 aliphatic rings. The second-order valence-corrected chi connectivity index (χ2v) is 3.76. The molecule has 0 saturated carbocycles. The van der Waals surface area contributed by atoms with E-state index in [-0.39, 0.29) is 5.56 Å². The Morgan fingerprint density at radius 3 is 2.39 bits per heavy atom. The lowest BCUT2D eigenvalue weighted by Gasteiger charge is -2.08. The summed E-state index contributed by atoms with van der Waals surface area (Å²) >= 11 is 0. The molecular weight excluding hydrogens is 231 g/mol. The fourth-order valence-corrected chi connectivity index (χ4v) is 1.60. The molecule has 2 aromatic rings. The number of anilines is 2. The summed E-state index contributed by atoms with van der Waals surface area (Å²) in [7, 11) is 1.47. The average Bonchev–Trinajstić information content (AvgIpc) is 2.39. The molecule has 2 N–H and O–H groups in total. The van der Waals surface area contributed by atoms with Crippen LogP contribution in [0.25, 0.3) is 0 Å². The topological polar surface area (TPSA) is 41.1 Å². The molecule has 1 amide bonds. The Bertz CT molecular complexity index is 555. The van der Waals surface area contributed by atoms with Crippen LogP contribution in [0.15, 0.2) is 48.5 Å². The highest BCUT2D eigenvalue weighted by Gasteiger charge is 2.10. The Kier molecular flexibility index (Phi) is 3.57. The molecule has 0 spiro atoms. The minimum atomic E-state index is -0.546. The third-order valence-electron chi connectivity index (χ3n) is 2.50. The van der Waals surface area contributed by atoms with Gasteiger partial charge in [-0.3, -0.25) is 4.79 Å². The molecule has 0 aromatic heterocycles. The summed E-state index contributed by atoms with van der Waals surface area (Å²) in [5.41, 5.74) is 1.51. The molecule has 92 valence electrons. The van der Waals surface area contributed by atoms with Crippen LogP contribution in [-0.4, -0.2) is 13.0 Å². The number of rotatable bonds is 3. The summed E-state index contributed by atoms with van der Waals surface area (Å²) in [6.45, 7) is 0. The van der Waals surface area contributed by atoms with Crippen LogP contribution in [-0.2, 0) is 0 Å². The highest BCUT2D eigenvalue weighted by atomic mass is 19.1. The molecule has 2 aromatic carbocycles. The number of para-hydroxylation sites is 1. The van der Waals surface area contributed by atoms with Crippen molar-refractivity contribution in [3.05, 3.63) is 59.9 Å². The number of halogens is 1. The minimum absolute atomic E-state index is 0.0381. The number of hydrogen-bond donors (Lipinski definition) is 2. The Hall–Kier alpha value is -2.36. The van der Waals surface area contributed by atoms with Crippen LogP contribution in [0.5, 0.6) is 0 Å². The van der Waals surface area contributed by atoms with E-state index in [2.05, 4.69) is 10.6 Å². The lowest BCUT2D eigenvalue weighted by Crippen LogP contribution is -2.19. The van der Waals surface area contributed by atoms with E-state index in [1.165, 1.54) is 19.2 Å². The van der Waals surface area contributed by atoms with Crippen LogP contribution in [0.3, 0.4) is 0 Å². The van der Waals surface area contributed by atoms with Gasteiger partial charge in [-0.05, 0) is 30.3 Å². The van der Waals surface area contributed by atoms with Crippen molar-refractivity contribution < 1.29 is 9.18 Å². The van der Waals surface area contributed by atoms with Crippen molar-refractivity contribution in [1.29, 1.82) is 0 Å². The van der Waals surface area contributed by atoms with Gasteiger partial charge in [0.2, 0.25) is 0 Å². The van der Waals surface area contributed by atoms with Crippen molar-refractivity contribution in [3.63, 3.8) is 0 Å². The molecule has 0 saturated heterocycles. The summed E-state index contributed by atoms with van der Waals surface area (Å²) in [6, 6.07) is 13.9. The standard InChI is InChI=1S/C14H13FN2O/c1-16-14(18)12-8-7-11(9-13(12)15)17-10-5-3-2-4-6-10/h2-9,17H,1H3,(H,16,18). The zero-order valence-corrected chi connectivity index (χ0v) is 9.91. The monoisotopic (exact) mass is 244 g/mol. The molecule has 4 heteroatoms. The summed E-state index contributed by atoms with van der Waals surface area (Å²) in [5.74, 6) is -0.978. The molecule has 0 unspecified atom stereocenters. The SMILES string of the molecule is CNC(=O)c1ccc(Nc2ccccc2)cc1F. The lowest BCUT2D eigenvalue weighted by atomic mass is 10.1. The van der Waals surface area contributed by atoms with Gasteiger partial charge in [-0.15, -0.1) is 0 Å². The van der Waals surface area contributed by atoms with Crippen molar-refractivity contribution in [2.75, 3.05) is 12.4 Å². The van der Waals surface area contributed by atoms with E-state index in [9.17, 15) is 9.18 Å². The van der Waals surface area contributed by atoms with E-state index in [0.29, 0.717) is 5.69 Å². The summed E-state index contributed by atoms with van der Waals surface area (Å²) in [4.78, 5) is 11.3. The molecule has 0 radical (unpaired) electrons. The van der Waals surface area contributed by atoms with Gasteiger partial charge < -0.3 is 10.6 Å². The van der Waals surface area contributed by atoms with Crippen LogP contribution in [0, 0.1) is 5.82 Å². The van der Waals surface area contributed by atoms with Crippen molar-refractivity contribution >= 4 is 17.3 Å². The molecule has 3 nitrogen and oxygen atoms in total. The fourth-order valence-electron chi connectivity index (χ4n) is 1.60. The number of nitrogens with one attached hydrogen (secondary N) is 2. The maximum Gasteiger partial charge on any atom is 0.253 e. The number of amides is 1. The van der Waals surface area contributed by atoms with Gasteiger partial charge in [0.15, 0.2) is 0 Å². The highest BCUT2D eigenvalue weighted by molar-refractivity contribution is 5.94. The first-order valence-electron chi connectivity index (χ1n) is 5.54. The van der Waals surface area contributed by atoms with E-state index >= 15 is 0 Å². The maximum atomic E-state index is 13.7. The predicted octanol–water partition coefficient (Wildman–Crippen LogP) is 2.93. The first-order valence-corrected chi connectivity index (χ1v) is 5.54. The van der Waals surface area contributed by atoms with Crippen molar-refractivity contribution in [3.8, 4) is 0 Å². The molecule has 0 fully saturated rings. The Labute approximate surface area is 105 Å². The third-order valence-corrected chi connectivity index (χ3v) is 2.50. The van der Waals surface area contributed by atoms with Gasteiger partial charge in [-0.1, -0.05) is 18.2 Å². The van der Waals surface area contributed by atoms with Gasteiger partial charge in [0.05, 0.1) is 5.56 Å². The van der Waals surface area contributed by atoms with E-state index in [1.54, 1.807) is 6.07 Å². The maximum absolute atomic E-state index is 13.7. The molecule has 0 bridgehead atoms. The molecule has 18 heavy (non-hydrogen) atoms. The quantitative estimate of drug-likeness (QED) is 0.871. The van der Waals surface area contributed by atoms with Gasteiger partial charge in [0.25, 0.3) is 5.91 Å². The van der Waals surface area contributed by atoms with Gasteiger partial charge in [0.1, 0.15) is 5.82 Å². The number of carbonyl (C=O) groups is 1. The molecule has 0 aliphatic carbocycles. The predicted molar refractivity (Wildman–Crippen MR) is 69.5 cm³/mol. The second-order valence-electron chi connectivity index (χ2n) is 3.76. The lowest BCUT2D eigenvalue weighted by molar-refractivity contribution is 0.0959. The molecule has 0 aliphatic heterocycles. The number of hydrogen-bond acceptors (Lipinski definition) is 2. The molecule has 0 atom stereocenters. The second kappa shape index (κ2) is 5.31. The Morgan fingerprint density at radius 1 is 1.06 bits per heavy atom. The van der Waals surface area contributed by atoms with Crippen LogP contribution >= 0.6 is 0 Å². The van der Waals surface area contributed by atoms with Crippen LogP contribution < -0.4 is 10.6 Å². The van der Waals surface area contributed by atoms with Crippen LogP contribution in [0.1, 0.15) is 10.4 Å². The number of benzene rings is 2. The zero-order valence-electron chi connectivity index (χ0n) is 9.91. The normalized spacial score (nSPS) is 9.89. The third kappa shape index (κ3) is 2.66. The van der Waals surface area contributed by atoms with Gasteiger partial charge in [-0.25, -0.2) is 4.39 Å². The minimum Gasteiger partial charge on any atom is -0.355 e. The molecule has 2 rings (SSSR count). The Balaban J connectivity index is 2.22. The van der Waals surface area contributed by atoms with Gasteiger partial charge in [-0.2, -0.15) is 0 Å². The Morgan fingerprint density at radius 2 is 1.78 bits per heavy atom. The first kappa shape index (κ1) is 12.1. The van der Waals surface area contributed by atoms with Gasteiger partial charge >= 0.3 is 0 Å². The van der Waals surface area contributed by atoms with Crippen LogP contribution in [0.4, 0.5) is 15.8 Å². The molecular formula is C14H13FN2O. The summed E-state index contributed by atoms with van der Waals surface area (Å²) in [6.07, 6.45) is 0. The van der Waals surface area contributed by atoms with Crippen molar-refractivity contribution in [1.82, 2.24) is 5.32 Å². The largest absolute Gasteiger partial charge is 0.355 e. The molecule has 0 heterocycles. The zero-order chi connectivity index (χ0) is 13.0. The van der Waals surface area contributed by atoms with E-state index < -0.39 is 11.7 Å². The smallest absolute Gasteiger partial charge is 0.253 e. The van der Waals surface area contributed by atoms with Crippen molar-refractivity contribution in [2.45, 2.75) is 0 Å². The fraction of sp³-hybridized carbons (Fsp3) is 0.0714. The average molecular weight is 244 g/mol. The summed E-state index contributed by atoms with van der Waals surface area (Å²) < 4.78 is 13.7.